The van der Waals surface area contributed by atoms with Gasteiger partial charge in [0.15, 0.2) is 5.82 Å². The minimum atomic E-state index is -0.139. The molecule has 0 bridgehead atoms. The second-order valence-electron chi connectivity index (χ2n) is 6.81. The predicted molar refractivity (Wildman–Crippen MR) is 97.9 cm³/mol. The second-order valence-corrected chi connectivity index (χ2v) is 6.81. The molecule has 4 rings (SSSR count). The molecule has 2 amide bonds. The first kappa shape index (κ1) is 17.5. The molecule has 9 heteroatoms. The van der Waals surface area contributed by atoms with Crippen molar-refractivity contribution in [1.29, 1.82) is 0 Å². The van der Waals surface area contributed by atoms with Crippen molar-refractivity contribution in [2.75, 3.05) is 13.1 Å². The molecule has 1 fully saturated rings. The molecule has 3 aromatic rings. The summed E-state index contributed by atoms with van der Waals surface area (Å²) in [5.74, 6) is 1.48. The van der Waals surface area contributed by atoms with Crippen LogP contribution >= 0.6 is 0 Å². The highest BCUT2D eigenvalue weighted by Gasteiger charge is 2.28. The van der Waals surface area contributed by atoms with Gasteiger partial charge in [0.05, 0.1) is 18.4 Å². The van der Waals surface area contributed by atoms with Gasteiger partial charge in [-0.25, -0.2) is 9.78 Å². The average Bonchev–Trinajstić information content (AvgIpc) is 3.29. The van der Waals surface area contributed by atoms with Gasteiger partial charge in [-0.1, -0.05) is 6.07 Å². The van der Waals surface area contributed by atoms with Crippen molar-refractivity contribution >= 4 is 11.7 Å². The van der Waals surface area contributed by atoms with Gasteiger partial charge in [-0.3, -0.25) is 0 Å². The number of aromatic nitrogens is 5. The van der Waals surface area contributed by atoms with E-state index in [-0.39, 0.29) is 18.6 Å². The quantitative estimate of drug-likeness (QED) is 0.716. The highest BCUT2D eigenvalue weighted by atomic mass is 16.3. The number of aliphatic hydroxyl groups is 1. The number of hydrogen-bond donors (Lipinski definition) is 2. The molecule has 27 heavy (non-hydrogen) atoms. The summed E-state index contributed by atoms with van der Waals surface area (Å²) >= 11 is 0. The van der Waals surface area contributed by atoms with E-state index < -0.39 is 0 Å². The van der Waals surface area contributed by atoms with E-state index in [1.807, 2.05) is 45.3 Å². The summed E-state index contributed by atoms with van der Waals surface area (Å²) in [5, 5.41) is 20.5. The van der Waals surface area contributed by atoms with Gasteiger partial charge < -0.3 is 24.3 Å². The number of piperidine rings is 1. The molecule has 9 nitrogen and oxygen atoms in total. The lowest BCUT2D eigenvalue weighted by Crippen LogP contribution is -2.45. The van der Waals surface area contributed by atoms with Crippen LogP contribution in [0.1, 0.15) is 36.1 Å². The third kappa shape index (κ3) is 3.37. The molecule has 0 saturated carbocycles. The van der Waals surface area contributed by atoms with Gasteiger partial charge in [0.2, 0.25) is 0 Å². The van der Waals surface area contributed by atoms with Gasteiger partial charge in [0, 0.05) is 32.3 Å². The van der Waals surface area contributed by atoms with E-state index in [9.17, 15) is 9.90 Å². The first-order valence-corrected chi connectivity index (χ1v) is 9.10. The summed E-state index contributed by atoms with van der Waals surface area (Å²) < 4.78 is 3.79. The fourth-order valence-corrected chi connectivity index (χ4v) is 3.63. The number of aliphatic hydroxyl groups excluding tert-OH is 1. The third-order valence-corrected chi connectivity index (χ3v) is 5.13. The normalized spacial score (nSPS) is 17.4. The lowest BCUT2D eigenvalue weighted by molar-refractivity contribution is 0.177. The number of rotatable bonds is 4. The predicted octanol–water partition coefficient (Wildman–Crippen LogP) is 1.04. The zero-order valence-corrected chi connectivity index (χ0v) is 15.2. The Morgan fingerprint density at radius 2 is 2.26 bits per heavy atom. The summed E-state index contributed by atoms with van der Waals surface area (Å²) in [6.07, 6.45) is 5.58. The summed E-state index contributed by atoms with van der Waals surface area (Å²) in [5.41, 5.74) is 1.80. The number of carbonyl (C=O) groups excluding carboxylic acids is 1. The van der Waals surface area contributed by atoms with Gasteiger partial charge in [-0.2, -0.15) is 0 Å². The van der Waals surface area contributed by atoms with E-state index in [1.165, 1.54) is 0 Å². The molecular weight excluding hydrogens is 346 g/mol. The number of pyridine rings is 1. The Morgan fingerprint density at radius 3 is 3.07 bits per heavy atom. The van der Waals surface area contributed by atoms with Crippen molar-refractivity contribution in [3.05, 3.63) is 47.9 Å². The summed E-state index contributed by atoms with van der Waals surface area (Å²) in [6.45, 7) is 1.60. The molecule has 1 aliphatic rings. The fraction of sp³-hybridized carbons (Fsp3) is 0.444. The van der Waals surface area contributed by atoms with Gasteiger partial charge in [0.25, 0.3) is 0 Å². The van der Waals surface area contributed by atoms with Crippen molar-refractivity contribution in [2.24, 2.45) is 7.05 Å². The smallest absolute Gasteiger partial charge is 0.317 e. The van der Waals surface area contributed by atoms with Crippen LogP contribution < -0.4 is 5.32 Å². The molecule has 1 saturated heterocycles. The maximum absolute atomic E-state index is 12.7. The van der Waals surface area contributed by atoms with Gasteiger partial charge in [-0.15, -0.1) is 10.2 Å². The monoisotopic (exact) mass is 369 g/mol. The number of amides is 2. The Kier molecular flexibility index (Phi) is 4.76. The number of nitrogens with zero attached hydrogens (tertiary/aromatic N) is 6. The average molecular weight is 369 g/mol. The van der Waals surface area contributed by atoms with Crippen LogP contribution in [0.25, 0.3) is 5.65 Å². The molecule has 3 aromatic heterocycles. The second kappa shape index (κ2) is 7.36. The van der Waals surface area contributed by atoms with Gasteiger partial charge >= 0.3 is 6.03 Å². The van der Waals surface area contributed by atoms with Crippen LogP contribution in [0.4, 0.5) is 4.79 Å². The lowest BCUT2D eigenvalue weighted by atomic mass is 9.97. The molecule has 1 atom stereocenters. The molecule has 0 radical (unpaired) electrons. The van der Waals surface area contributed by atoms with Crippen molar-refractivity contribution in [1.82, 2.24) is 34.4 Å². The van der Waals surface area contributed by atoms with Crippen LogP contribution in [0.5, 0.6) is 0 Å². The Hall–Kier alpha value is -2.94. The summed E-state index contributed by atoms with van der Waals surface area (Å²) in [6, 6.07) is 5.72. The molecule has 142 valence electrons. The minimum absolute atomic E-state index is 0.0878. The standard InChI is InChI=1S/C18H23N7O2/c1-23-16(12-26)21-22-17(23)13-5-4-7-24(11-13)18(27)20-10-14-9-19-15-6-2-3-8-25(14)15/h2-3,6,8-9,13,26H,4-5,7,10-12H2,1H3,(H,20,27). The molecular formula is C18H23N7O2. The highest BCUT2D eigenvalue weighted by molar-refractivity contribution is 5.74. The van der Waals surface area contributed by atoms with E-state index in [0.717, 1.165) is 36.6 Å². The van der Waals surface area contributed by atoms with E-state index in [1.54, 1.807) is 6.20 Å². The van der Waals surface area contributed by atoms with Crippen LogP contribution in [-0.4, -0.2) is 53.3 Å². The maximum Gasteiger partial charge on any atom is 0.317 e. The molecule has 0 aliphatic carbocycles. The van der Waals surface area contributed by atoms with E-state index >= 15 is 0 Å². The summed E-state index contributed by atoms with van der Waals surface area (Å²) in [4.78, 5) is 18.8. The molecule has 1 unspecified atom stereocenters. The first-order chi connectivity index (χ1) is 13.2. The molecule has 0 aromatic carbocycles. The van der Waals surface area contributed by atoms with Gasteiger partial charge in [-0.05, 0) is 25.0 Å². The largest absolute Gasteiger partial charge is 0.388 e. The SMILES string of the molecule is Cn1c(CO)nnc1C1CCCN(C(=O)NCc2cnc3ccccn23)C1. The number of likely N-dealkylation sites (tertiary alicyclic amines) is 1. The Balaban J connectivity index is 1.40. The maximum atomic E-state index is 12.7. The number of hydrogen-bond acceptors (Lipinski definition) is 5. The van der Waals surface area contributed by atoms with Crippen LogP contribution in [0, 0.1) is 0 Å². The highest BCUT2D eigenvalue weighted by Crippen LogP contribution is 2.25. The number of nitrogens with one attached hydrogen (secondary N) is 1. The zero-order valence-electron chi connectivity index (χ0n) is 15.2. The van der Waals surface area contributed by atoms with Crippen LogP contribution in [-0.2, 0) is 20.2 Å². The Bertz CT molecular complexity index is 948. The third-order valence-electron chi connectivity index (χ3n) is 5.13. The molecule has 2 N–H and O–H groups in total. The van der Waals surface area contributed by atoms with Crippen molar-refractivity contribution in [3.63, 3.8) is 0 Å². The summed E-state index contributed by atoms with van der Waals surface area (Å²) in [7, 11) is 1.85. The topological polar surface area (TPSA) is 101 Å². The zero-order chi connectivity index (χ0) is 18.8. The molecule has 1 aliphatic heterocycles. The van der Waals surface area contributed by atoms with Crippen molar-refractivity contribution in [3.8, 4) is 0 Å². The van der Waals surface area contributed by atoms with Crippen LogP contribution in [0.15, 0.2) is 30.6 Å². The first-order valence-electron chi connectivity index (χ1n) is 9.10. The van der Waals surface area contributed by atoms with Crippen molar-refractivity contribution in [2.45, 2.75) is 31.9 Å². The molecule has 4 heterocycles. The van der Waals surface area contributed by atoms with E-state index in [0.29, 0.717) is 18.9 Å². The van der Waals surface area contributed by atoms with E-state index in [2.05, 4.69) is 20.5 Å². The molecule has 0 spiro atoms. The lowest BCUT2D eigenvalue weighted by Gasteiger charge is -2.32. The van der Waals surface area contributed by atoms with Crippen molar-refractivity contribution < 1.29 is 9.90 Å². The number of fused-ring (bicyclic) bond motifs is 1. The fourth-order valence-electron chi connectivity index (χ4n) is 3.63. The van der Waals surface area contributed by atoms with Gasteiger partial charge in [0.1, 0.15) is 18.1 Å². The minimum Gasteiger partial charge on any atom is -0.388 e. The number of urea groups is 1. The van der Waals surface area contributed by atoms with Crippen LogP contribution in [0.3, 0.4) is 0 Å². The van der Waals surface area contributed by atoms with E-state index in [4.69, 9.17) is 0 Å². The number of carbonyl (C=O) groups is 1. The van der Waals surface area contributed by atoms with Crippen LogP contribution in [0.2, 0.25) is 0 Å². The Labute approximate surface area is 156 Å². The number of imidazole rings is 1. The Morgan fingerprint density at radius 1 is 1.37 bits per heavy atom.